The monoisotopic (exact) mass is 229 g/mol. The Morgan fingerprint density at radius 3 is 2.62 bits per heavy atom. The number of aliphatic hydroxyl groups is 1. The van der Waals surface area contributed by atoms with Crippen LogP contribution in [0.15, 0.2) is 12.1 Å². The van der Waals surface area contributed by atoms with Gasteiger partial charge in [-0.15, -0.1) is 0 Å². The molecule has 0 radical (unpaired) electrons. The van der Waals surface area contributed by atoms with Crippen molar-refractivity contribution in [2.24, 2.45) is 5.73 Å². The topological polar surface area (TPSA) is 64.7 Å². The molecule has 1 unspecified atom stereocenters. The minimum absolute atomic E-state index is 0.260. The van der Waals surface area contributed by atoms with Crippen LogP contribution < -0.4 is 10.5 Å². The molecule has 0 bridgehead atoms. The minimum Gasteiger partial charge on any atom is -0.496 e. The van der Waals surface area contributed by atoms with Gasteiger partial charge in [-0.3, -0.25) is 0 Å². The number of benzene rings is 1. The van der Waals surface area contributed by atoms with Crippen LogP contribution in [0.4, 0.5) is 4.39 Å². The molecule has 0 aliphatic carbocycles. The van der Waals surface area contributed by atoms with Crippen molar-refractivity contribution in [1.29, 1.82) is 0 Å². The fourth-order valence-corrected chi connectivity index (χ4v) is 1.46. The molecule has 1 rings (SSSR count). The van der Waals surface area contributed by atoms with Gasteiger partial charge in [0.1, 0.15) is 11.6 Å². The summed E-state index contributed by atoms with van der Waals surface area (Å²) in [5.74, 6) is -0.0773. The summed E-state index contributed by atoms with van der Waals surface area (Å²) in [6.45, 7) is -0.00965. The average Bonchev–Trinajstić information content (AvgIpc) is 2.30. The first-order valence-corrected chi connectivity index (χ1v) is 4.85. The maximum Gasteiger partial charge on any atom is 0.131 e. The fraction of sp³-hybridized carbons (Fsp3) is 0.455. The van der Waals surface area contributed by atoms with Crippen molar-refractivity contribution >= 4 is 0 Å². The molecule has 0 aliphatic rings. The van der Waals surface area contributed by atoms with Gasteiger partial charge in [0.15, 0.2) is 0 Å². The van der Waals surface area contributed by atoms with Crippen LogP contribution in [0.2, 0.25) is 0 Å². The number of rotatable bonds is 5. The first kappa shape index (κ1) is 12.9. The lowest BCUT2D eigenvalue weighted by atomic mass is 10.0. The van der Waals surface area contributed by atoms with Crippen LogP contribution in [-0.2, 0) is 11.3 Å². The Balaban J connectivity index is 3.16. The summed E-state index contributed by atoms with van der Waals surface area (Å²) in [6, 6.07) is 2.07. The first-order chi connectivity index (χ1) is 7.63. The summed E-state index contributed by atoms with van der Waals surface area (Å²) in [5, 5.41) is 8.91. The van der Waals surface area contributed by atoms with Gasteiger partial charge >= 0.3 is 0 Å². The molecule has 4 nitrogen and oxygen atoms in total. The van der Waals surface area contributed by atoms with E-state index in [1.54, 1.807) is 6.07 Å². The molecule has 0 aliphatic heterocycles. The second-order valence-corrected chi connectivity index (χ2v) is 3.41. The number of halogens is 1. The van der Waals surface area contributed by atoms with E-state index in [1.165, 1.54) is 20.3 Å². The zero-order valence-electron chi connectivity index (χ0n) is 9.37. The number of nitrogens with two attached hydrogens (primary N) is 1. The highest BCUT2D eigenvalue weighted by molar-refractivity contribution is 5.39. The summed E-state index contributed by atoms with van der Waals surface area (Å²) in [7, 11) is 2.99. The molecule has 0 fully saturated rings. The molecule has 0 spiro atoms. The maximum atomic E-state index is 13.6. The van der Waals surface area contributed by atoms with E-state index in [9.17, 15) is 4.39 Å². The first-order valence-electron chi connectivity index (χ1n) is 4.85. The number of methoxy groups -OCH3 is 2. The van der Waals surface area contributed by atoms with Gasteiger partial charge in [-0.2, -0.15) is 0 Å². The van der Waals surface area contributed by atoms with E-state index in [-0.39, 0.29) is 12.2 Å². The Bertz CT molecular complexity index is 357. The summed E-state index contributed by atoms with van der Waals surface area (Å²) < 4.78 is 23.6. The minimum atomic E-state index is -0.735. The number of ether oxygens (including phenoxy) is 2. The summed E-state index contributed by atoms with van der Waals surface area (Å²) in [4.78, 5) is 0. The van der Waals surface area contributed by atoms with E-state index in [0.29, 0.717) is 17.9 Å². The third-order valence-corrected chi connectivity index (χ3v) is 2.30. The normalized spacial score (nSPS) is 12.6. The van der Waals surface area contributed by atoms with Crippen LogP contribution in [0.3, 0.4) is 0 Å². The molecule has 0 aromatic heterocycles. The smallest absolute Gasteiger partial charge is 0.131 e. The van der Waals surface area contributed by atoms with Crippen LogP contribution in [0.1, 0.15) is 17.2 Å². The van der Waals surface area contributed by atoms with Crippen LogP contribution in [0.25, 0.3) is 0 Å². The standard InChI is InChI=1S/C11H16FNO3/c1-15-6-7-3-8(10(13)5-14)9(12)4-11(7)16-2/h3-4,10,14H,5-6,13H2,1-2H3. The molecule has 1 aromatic carbocycles. The molecule has 3 N–H and O–H groups in total. The molecule has 0 saturated heterocycles. The molecular weight excluding hydrogens is 213 g/mol. The zero-order chi connectivity index (χ0) is 12.1. The van der Waals surface area contributed by atoms with Crippen molar-refractivity contribution in [3.63, 3.8) is 0 Å². The lowest BCUT2D eigenvalue weighted by Gasteiger charge is -2.14. The van der Waals surface area contributed by atoms with Gasteiger partial charge in [0, 0.05) is 24.3 Å². The number of aliphatic hydroxyl groups excluding tert-OH is 1. The van der Waals surface area contributed by atoms with Crippen molar-refractivity contribution in [2.75, 3.05) is 20.8 Å². The Morgan fingerprint density at radius 1 is 1.44 bits per heavy atom. The largest absolute Gasteiger partial charge is 0.496 e. The van der Waals surface area contributed by atoms with Crippen molar-refractivity contribution in [2.45, 2.75) is 12.6 Å². The number of hydrogen-bond acceptors (Lipinski definition) is 4. The molecular formula is C11H16FNO3. The molecule has 16 heavy (non-hydrogen) atoms. The molecule has 1 atom stereocenters. The van der Waals surface area contributed by atoms with Gasteiger partial charge in [0.25, 0.3) is 0 Å². The van der Waals surface area contributed by atoms with Gasteiger partial charge in [0.05, 0.1) is 26.4 Å². The van der Waals surface area contributed by atoms with Crippen molar-refractivity contribution in [3.8, 4) is 5.75 Å². The molecule has 90 valence electrons. The molecule has 0 saturated carbocycles. The molecule has 0 heterocycles. The fourth-order valence-electron chi connectivity index (χ4n) is 1.46. The highest BCUT2D eigenvalue weighted by atomic mass is 19.1. The maximum absolute atomic E-state index is 13.6. The van der Waals surface area contributed by atoms with Gasteiger partial charge in [-0.05, 0) is 6.07 Å². The second kappa shape index (κ2) is 5.79. The SMILES string of the molecule is COCc1cc(C(N)CO)c(F)cc1OC. The predicted octanol–water partition coefficient (Wildman–Crippen LogP) is 0.973. The lowest BCUT2D eigenvalue weighted by Crippen LogP contribution is -2.16. The van der Waals surface area contributed by atoms with Gasteiger partial charge in [-0.1, -0.05) is 0 Å². The van der Waals surface area contributed by atoms with E-state index in [4.69, 9.17) is 20.3 Å². The van der Waals surface area contributed by atoms with Gasteiger partial charge < -0.3 is 20.3 Å². The second-order valence-electron chi connectivity index (χ2n) is 3.41. The Labute approximate surface area is 93.8 Å². The number of hydrogen-bond donors (Lipinski definition) is 2. The van der Waals surface area contributed by atoms with Crippen LogP contribution in [0, 0.1) is 5.82 Å². The highest BCUT2D eigenvalue weighted by Gasteiger charge is 2.15. The van der Waals surface area contributed by atoms with E-state index in [0.717, 1.165) is 0 Å². The predicted molar refractivity (Wildman–Crippen MR) is 57.7 cm³/mol. The van der Waals surface area contributed by atoms with E-state index < -0.39 is 11.9 Å². The van der Waals surface area contributed by atoms with Crippen LogP contribution in [0.5, 0.6) is 5.75 Å². The Hall–Kier alpha value is -1.17. The Kier molecular flexibility index (Phi) is 4.67. The average molecular weight is 229 g/mol. The van der Waals surface area contributed by atoms with E-state index in [2.05, 4.69) is 0 Å². The van der Waals surface area contributed by atoms with Crippen molar-refractivity contribution in [3.05, 3.63) is 29.1 Å². The highest BCUT2D eigenvalue weighted by Crippen LogP contribution is 2.26. The zero-order valence-corrected chi connectivity index (χ0v) is 9.37. The molecule has 5 heteroatoms. The molecule has 1 aromatic rings. The third kappa shape index (κ3) is 2.69. The lowest BCUT2D eigenvalue weighted by molar-refractivity contribution is 0.181. The van der Waals surface area contributed by atoms with Gasteiger partial charge in [-0.25, -0.2) is 4.39 Å². The van der Waals surface area contributed by atoms with Crippen LogP contribution in [-0.4, -0.2) is 25.9 Å². The molecule has 0 amide bonds. The van der Waals surface area contributed by atoms with E-state index >= 15 is 0 Å². The van der Waals surface area contributed by atoms with Crippen molar-refractivity contribution in [1.82, 2.24) is 0 Å². The Morgan fingerprint density at radius 2 is 2.12 bits per heavy atom. The quantitative estimate of drug-likeness (QED) is 0.789. The third-order valence-electron chi connectivity index (χ3n) is 2.30. The summed E-state index contributed by atoms with van der Waals surface area (Å²) >= 11 is 0. The van der Waals surface area contributed by atoms with Gasteiger partial charge in [0.2, 0.25) is 0 Å². The van der Waals surface area contributed by atoms with E-state index in [1.807, 2.05) is 0 Å². The van der Waals surface area contributed by atoms with Crippen molar-refractivity contribution < 1.29 is 19.0 Å². The summed E-state index contributed by atoms with van der Waals surface area (Å²) in [6.07, 6.45) is 0. The summed E-state index contributed by atoms with van der Waals surface area (Å²) in [5.41, 5.74) is 6.54. The van der Waals surface area contributed by atoms with Crippen LogP contribution >= 0.6 is 0 Å².